The average Bonchev–Trinajstić information content (AvgIpc) is 3.09. The Morgan fingerprint density at radius 3 is 2.75 bits per heavy atom. The minimum absolute atomic E-state index is 0.490. The molecule has 0 aliphatic rings. The SMILES string of the molecule is CCc1nn(-c2ncnc3nc[nH]c23)c(CC)c1CN. The van der Waals surface area contributed by atoms with E-state index in [4.69, 9.17) is 5.73 Å². The van der Waals surface area contributed by atoms with Crippen molar-refractivity contribution in [1.82, 2.24) is 29.7 Å². The summed E-state index contributed by atoms with van der Waals surface area (Å²) in [5, 5.41) is 4.67. The molecular formula is C13H17N7. The zero-order valence-corrected chi connectivity index (χ0v) is 11.6. The molecule has 0 bridgehead atoms. The third-order valence-electron chi connectivity index (χ3n) is 3.45. The molecule has 3 heterocycles. The Kier molecular flexibility index (Phi) is 3.19. The van der Waals surface area contributed by atoms with Crippen molar-refractivity contribution in [3.8, 4) is 5.82 Å². The van der Waals surface area contributed by atoms with Crippen LogP contribution in [0.25, 0.3) is 17.0 Å². The van der Waals surface area contributed by atoms with Crippen molar-refractivity contribution in [3.63, 3.8) is 0 Å². The van der Waals surface area contributed by atoms with Crippen molar-refractivity contribution < 1.29 is 0 Å². The number of rotatable bonds is 4. The molecule has 0 amide bonds. The van der Waals surface area contributed by atoms with Crippen LogP contribution in [0.2, 0.25) is 0 Å². The molecule has 0 aromatic carbocycles. The lowest BCUT2D eigenvalue weighted by Gasteiger charge is -2.06. The average molecular weight is 271 g/mol. The van der Waals surface area contributed by atoms with Crippen LogP contribution in [0.15, 0.2) is 12.7 Å². The maximum absolute atomic E-state index is 5.88. The number of hydrogen-bond donors (Lipinski definition) is 2. The number of aromatic amines is 1. The second-order valence-electron chi connectivity index (χ2n) is 4.49. The summed E-state index contributed by atoms with van der Waals surface area (Å²) in [6.07, 6.45) is 4.82. The molecule has 0 saturated carbocycles. The van der Waals surface area contributed by atoms with Crippen molar-refractivity contribution in [3.05, 3.63) is 29.6 Å². The number of imidazole rings is 1. The number of hydrogen-bond acceptors (Lipinski definition) is 5. The van der Waals surface area contributed by atoms with E-state index in [1.165, 1.54) is 6.33 Å². The Labute approximate surface area is 116 Å². The number of H-pyrrole nitrogens is 1. The molecule has 104 valence electrons. The van der Waals surface area contributed by atoms with Gasteiger partial charge in [-0.25, -0.2) is 19.6 Å². The number of nitrogens with two attached hydrogens (primary N) is 1. The topological polar surface area (TPSA) is 98.3 Å². The second-order valence-corrected chi connectivity index (χ2v) is 4.49. The molecule has 3 N–H and O–H groups in total. The van der Waals surface area contributed by atoms with Gasteiger partial charge in [0.2, 0.25) is 0 Å². The molecule has 3 aromatic rings. The number of nitrogens with zero attached hydrogens (tertiary/aromatic N) is 5. The van der Waals surface area contributed by atoms with Crippen molar-refractivity contribution in [1.29, 1.82) is 0 Å². The molecule has 0 fully saturated rings. The zero-order chi connectivity index (χ0) is 14.1. The Morgan fingerprint density at radius 1 is 1.20 bits per heavy atom. The predicted molar refractivity (Wildman–Crippen MR) is 75.5 cm³/mol. The number of fused-ring (bicyclic) bond motifs is 1. The first-order valence-corrected chi connectivity index (χ1v) is 6.74. The predicted octanol–water partition coefficient (Wildman–Crippen LogP) is 1.12. The summed E-state index contributed by atoms with van der Waals surface area (Å²) < 4.78 is 1.86. The third-order valence-corrected chi connectivity index (χ3v) is 3.45. The van der Waals surface area contributed by atoms with Gasteiger partial charge in [0.05, 0.1) is 17.7 Å². The normalized spacial score (nSPS) is 11.3. The molecule has 0 aliphatic heterocycles. The van der Waals surface area contributed by atoms with E-state index in [0.717, 1.165) is 41.1 Å². The lowest BCUT2D eigenvalue weighted by Crippen LogP contribution is -2.07. The van der Waals surface area contributed by atoms with Gasteiger partial charge in [-0.1, -0.05) is 13.8 Å². The van der Waals surface area contributed by atoms with Crippen LogP contribution in [-0.4, -0.2) is 29.7 Å². The fraction of sp³-hybridized carbons (Fsp3) is 0.385. The van der Waals surface area contributed by atoms with Crippen molar-refractivity contribution >= 4 is 11.2 Å². The molecule has 3 aromatic heterocycles. The van der Waals surface area contributed by atoms with Gasteiger partial charge in [-0.2, -0.15) is 5.10 Å². The molecule has 20 heavy (non-hydrogen) atoms. The van der Waals surface area contributed by atoms with E-state index in [2.05, 4.69) is 38.9 Å². The Balaban J connectivity index is 2.28. The third kappa shape index (κ3) is 1.78. The minimum Gasteiger partial charge on any atom is -0.340 e. The summed E-state index contributed by atoms with van der Waals surface area (Å²) in [6, 6.07) is 0. The molecule has 0 aliphatic carbocycles. The van der Waals surface area contributed by atoms with Gasteiger partial charge in [0, 0.05) is 12.1 Å². The van der Waals surface area contributed by atoms with Gasteiger partial charge in [0.1, 0.15) is 11.8 Å². The van der Waals surface area contributed by atoms with Crippen molar-refractivity contribution in [2.24, 2.45) is 5.73 Å². The van der Waals surface area contributed by atoms with E-state index in [1.54, 1.807) is 6.33 Å². The number of nitrogens with one attached hydrogen (secondary N) is 1. The van der Waals surface area contributed by atoms with Crippen LogP contribution in [-0.2, 0) is 19.4 Å². The molecule has 0 unspecified atom stereocenters. The number of aryl methyl sites for hydroxylation is 1. The minimum atomic E-state index is 0.490. The van der Waals surface area contributed by atoms with Crippen LogP contribution >= 0.6 is 0 Å². The summed E-state index contributed by atoms with van der Waals surface area (Å²) in [6.45, 7) is 4.66. The van der Waals surface area contributed by atoms with Gasteiger partial charge in [0.25, 0.3) is 0 Å². The number of aromatic nitrogens is 6. The van der Waals surface area contributed by atoms with Gasteiger partial charge in [-0.15, -0.1) is 0 Å². The molecule has 7 heteroatoms. The van der Waals surface area contributed by atoms with Crippen LogP contribution in [0.4, 0.5) is 0 Å². The van der Waals surface area contributed by atoms with Crippen molar-refractivity contribution in [2.75, 3.05) is 0 Å². The molecule has 0 spiro atoms. The molecule has 3 rings (SSSR count). The van der Waals surface area contributed by atoms with Crippen LogP contribution < -0.4 is 5.73 Å². The van der Waals surface area contributed by atoms with E-state index in [1.807, 2.05) is 4.68 Å². The summed E-state index contributed by atoms with van der Waals surface area (Å²) in [5.41, 5.74) is 10.5. The highest BCUT2D eigenvalue weighted by Gasteiger charge is 2.18. The van der Waals surface area contributed by atoms with E-state index in [9.17, 15) is 0 Å². The molecule has 7 nitrogen and oxygen atoms in total. The molecule has 0 atom stereocenters. The monoisotopic (exact) mass is 271 g/mol. The maximum atomic E-state index is 5.88. The summed E-state index contributed by atoms with van der Waals surface area (Å²) >= 11 is 0. The first-order valence-electron chi connectivity index (χ1n) is 6.74. The van der Waals surface area contributed by atoms with Crippen molar-refractivity contribution in [2.45, 2.75) is 33.2 Å². The molecule has 0 radical (unpaired) electrons. The first kappa shape index (κ1) is 12.7. The fourth-order valence-corrected chi connectivity index (χ4v) is 2.51. The largest absolute Gasteiger partial charge is 0.340 e. The van der Waals surface area contributed by atoms with Gasteiger partial charge < -0.3 is 10.7 Å². The Hall–Kier alpha value is -2.28. The lowest BCUT2D eigenvalue weighted by atomic mass is 10.1. The summed E-state index contributed by atoms with van der Waals surface area (Å²) in [4.78, 5) is 15.7. The first-order chi connectivity index (χ1) is 9.80. The van der Waals surface area contributed by atoms with E-state index < -0.39 is 0 Å². The highest BCUT2D eigenvalue weighted by molar-refractivity contribution is 5.77. The highest BCUT2D eigenvalue weighted by atomic mass is 15.3. The molecular weight excluding hydrogens is 254 g/mol. The quantitative estimate of drug-likeness (QED) is 0.741. The highest BCUT2D eigenvalue weighted by Crippen LogP contribution is 2.21. The second kappa shape index (κ2) is 5.01. The van der Waals surface area contributed by atoms with Crippen LogP contribution in [0.1, 0.15) is 30.8 Å². The van der Waals surface area contributed by atoms with Crippen LogP contribution in [0.5, 0.6) is 0 Å². The van der Waals surface area contributed by atoms with E-state index in [0.29, 0.717) is 12.2 Å². The molecule has 0 saturated heterocycles. The Morgan fingerprint density at radius 2 is 2.05 bits per heavy atom. The van der Waals surface area contributed by atoms with Gasteiger partial charge in [-0.05, 0) is 12.8 Å². The van der Waals surface area contributed by atoms with Gasteiger partial charge in [0.15, 0.2) is 11.5 Å². The van der Waals surface area contributed by atoms with Crippen LogP contribution in [0.3, 0.4) is 0 Å². The maximum Gasteiger partial charge on any atom is 0.182 e. The van der Waals surface area contributed by atoms with E-state index >= 15 is 0 Å². The van der Waals surface area contributed by atoms with Crippen LogP contribution in [0, 0.1) is 0 Å². The summed E-state index contributed by atoms with van der Waals surface area (Å²) in [5.74, 6) is 0.721. The standard InChI is InChI=1S/C13H17N7/c1-3-9-8(5-14)10(4-2)20(19-9)13-11-12(16-6-15-11)17-7-18-13/h6-7H,3-5,14H2,1-2H3,(H,15,16,17,18). The van der Waals surface area contributed by atoms with Gasteiger partial charge in [-0.3, -0.25) is 0 Å². The zero-order valence-electron chi connectivity index (χ0n) is 11.6. The van der Waals surface area contributed by atoms with Gasteiger partial charge >= 0.3 is 0 Å². The summed E-state index contributed by atoms with van der Waals surface area (Å²) in [7, 11) is 0. The Bertz CT molecular complexity index is 740. The van der Waals surface area contributed by atoms with E-state index in [-0.39, 0.29) is 0 Å². The lowest BCUT2D eigenvalue weighted by molar-refractivity contribution is 0.773. The smallest absolute Gasteiger partial charge is 0.182 e. The fourth-order valence-electron chi connectivity index (χ4n) is 2.51.